The standard InChI is InChI=1S/C13H26N2O2/c1-3-15(12-7-5-4-6-8-12)11-13(16)14-9-10-17-2/h12H,3-11H2,1-2H3,(H,14,16). The molecule has 0 atom stereocenters. The van der Waals surface area contributed by atoms with Crippen LogP contribution >= 0.6 is 0 Å². The van der Waals surface area contributed by atoms with Crippen LogP contribution in [0.4, 0.5) is 0 Å². The first-order chi connectivity index (χ1) is 8.27. The highest BCUT2D eigenvalue weighted by Crippen LogP contribution is 2.22. The largest absolute Gasteiger partial charge is 0.383 e. The number of ether oxygens (including phenoxy) is 1. The third-order valence-electron chi connectivity index (χ3n) is 3.47. The highest BCUT2D eigenvalue weighted by molar-refractivity contribution is 5.78. The van der Waals surface area contributed by atoms with E-state index in [0.29, 0.717) is 25.7 Å². The van der Waals surface area contributed by atoms with Gasteiger partial charge in [-0.1, -0.05) is 26.2 Å². The molecule has 0 bridgehead atoms. The molecule has 17 heavy (non-hydrogen) atoms. The first-order valence-corrected chi connectivity index (χ1v) is 6.77. The smallest absolute Gasteiger partial charge is 0.234 e. The fourth-order valence-corrected chi connectivity index (χ4v) is 2.48. The SMILES string of the molecule is CCN(CC(=O)NCCOC)C1CCCCC1. The summed E-state index contributed by atoms with van der Waals surface area (Å²) in [4.78, 5) is 14.0. The van der Waals surface area contributed by atoms with Crippen LogP contribution in [0.3, 0.4) is 0 Å². The molecule has 0 heterocycles. The summed E-state index contributed by atoms with van der Waals surface area (Å²) in [6, 6.07) is 0.613. The van der Waals surface area contributed by atoms with E-state index in [0.717, 1.165) is 6.54 Å². The van der Waals surface area contributed by atoms with Gasteiger partial charge < -0.3 is 10.1 Å². The lowest BCUT2D eigenvalue weighted by Crippen LogP contribution is -2.44. The number of hydrogen-bond acceptors (Lipinski definition) is 3. The van der Waals surface area contributed by atoms with E-state index in [2.05, 4.69) is 17.1 Å². The van der Waals surface area contributed by atoms with Crippen molar-refractivity contribution < 1.29 is 9.53 Å². The Morgan fingerprint density at radius 1 is 1.35 bits per heavy atom. The Labute approximate surface area is 105 Å². The third kappa shape index (κ3) is 5.50. The van der Waals surface area contributed by atoms with Gasteiger partial charge in [0.1, 0.15) is 0 Å². The summed E-state index contributed by atoms with van der Waals surface area (Å²) in [5, 5.41) is 2.88. The number of methoxy groups -OCH3 is 1. The first-order valence-electron chi connectivity index (χ1n) is 6.77. The number of rotatable bonds is 7. The van der Waals surface area contributed by atoms with Gasteiger partial charge in [-0.15, -0.1) is 0 Å². The quantitative estimate of drug-likeness (QED) is 0.686. The molecule has 0 spiro atoms. The minimum absolute atomic E-state index is 0.120. The summed E-state index contributed by atoms with van der Waals surface area (Å²) in [5.74, 6) is 0.120. The van der Waals surface area contributed by atoms with Crippen molar-refractivity contribution in [1.82, 2.24) is 10.2 Å². The van der Waals surface area contributed by atoms with E-state index < -0.39 is 0 Å². The number of hydrogen-bond donors (Lipinski definition) is 1. The summed E-state index contributed by atoms with van der Waals surface area (Å²) < 4.78 is 4.91. The normalized spacial score (nSPS) is 17.4. The lowest BCUT2D eigenvalue weighted by molar-refractivity contribution is -0.123. The van der Waals surface area contributed by atoms with E-state index in [4.69, 9.17) is 4.74 Å². The van der Waals surface area contributed by atoms with Crippen molar-refractivity contribution in [2.45, 2.75) is 45.1 Å². The van der Waals surface area contributed by atoms with Crippen molar-refractivity contribution in [2.75, 3.05) is 33.4 Å². The van der Waals surface area contributed by atoms with Crippen LogP contribution in [0.25, 0.3) is 0 Å². The molecule has 1 rings (SSSR count). The number of amides is 1. The molecule has 1 amide bonds. The molecule has 1 N–H and O–H groups in total. The van der Waals surface area contributed by atoms with Crippen molar-refractivity contribution in [1.29, 1.82) is 0 Å². The minimum atomic E-state index is 0.120. The van der Waals surface area contributed by atoms with Crippen molar-refractivity contribution in [3.8, 4) is 0 Å². The molecule has 1 aliphatic rings. The van der Waals surface area contributed by atoms with Gasteiger partial charge in [-0.2, -0.15) is 0 Å². The first kappa shape index (κ1) is 14.5. The topological polar surface area (TPSA) is 41.6 Å². The number of nitrogens with zero attached hydrogens (tertiary/aromatic N) is 1. The number of carbonyl (C=O) groups is 1. The molecule has 0 radical (unpaired) electrons. The number of carbonyl (C=O) groups excluding carboxylic acids is 1. The number of nitrogens with one attached hydrogen (secondary N) is 1. The van der Waals surface area contributed by atoms with Gasteiger partial charge in [-0.05, 0) is 19.4 Å². The monoisotopic (exact) mass is 242 g/mol. The zero-order valence-corrected chi connectivity index (χ0v) is 11.2. The van der Waals surface area contributed by atoms with Crippen LogP contribution in [0.1, 0.15) is 39.0 Å². The van der Waals surface area contributed by atoms with E-state index in [1.807, 2.05) is 0 Å². The predicted octanol–water partition coefficient (Wildman–Crippen LogP) is 1.40. The highest BCUT2D eigenvalue weighted by Gasteiger charge is 2.21. The zero-order valence-electron chi connectivity index (χ0n) is 11.2. The fraction of sp³-hybridized carbons (Fsp3) is 0.923. The summed E-state index contributed by atoms with van der Waals surface area (Å²) in [7, 11) is 1.65. The Bertz CT molecular complexity index is 215. The molecule has 0 aromatic carbocycles. The number of likely N-dealkylation sites (N-methyl/N-ethyl adjacent to an activating group) is 1. The molecule has 0 aromatic heterocycles. The third-order valence-corrected chi connectivity index (χ3v) is 3.47. The Balaban J connectivity index is 2.27. The van der Waals surface area contributed by atoms with E-state index in [1.165, 1.54) is 32.1 Å². The van der Waals surface area contributed by atoms with Crippen molar-refractivity contribution >= 4 is 5.91 Å². The molecular weight excluding hydrogens is 216 g/mol. The Morgan fingerprint density at radius 3 is 2.65 bits per heavy atom. The average molecular weight is 242 g/mol. The molecule has 1 fully saturated rings. The average Bonchev–Trinajstić information content (AvgIpc) is 2.37. The van der Waals surface area contributed by atoms with Crippen LogP contribution in [0, 0.1) is 0 Å². The summed E-state index contributed by atoms with van der Waals surface area (Å²) >= 11 is 0. The van der Waals surface area contributed by atoms with Gasteiger partial charge >= 0.3 is 0 Å². The van der Waals surface area contributed by atoms with Gasteiger partial charge in [0.15, 0.2) is 0 Å². The molecular formula is C13H26N2O2. The Morgan fingerprint density at radius 2 is 2.06 bits per heavy atom. The second-order valence-electron chi connectivity index (χ2n) is 4.70. The van der Waals surface area contributed by atoms with Crippen LogP contribution in [0.2, 0.25) is 0 Å². The summed E-state index contributed by atoms with van der Waals surface area (Å²) in [5.41, 5.74) is 0. The molecule has 0 aliphatic heterocycles. The van der Waals surface area contributed by atoms with E-state index >= 15 is 0 Å². The lowest BCUT2D eigenvalue weighted by atomic mass is 9.94. The van der Waals surface area contributed by atoms with Gasteiger partial charge in [-0.25, -0.2) is 0 Å². The highest BCUT2D eigenvalue weighted by atomic mass is 16.5. The summed E-state index contributed by atoms with van der Waals surface area (Å²) in [6.45, 7) is 4.82. The van der Waals surface area contributed by atoms with Gasteiger partial charge in [0.05, 0.1) is 13.2 Å². The van der Waals surface area contributed by atoms with E-state index in [-0.39, 0.29) is 5.91 Å². The second kappa shape index (κ2) is 8.48. The summed E-state index contributed by atoms with van der Waals surface area (Å²) in [6.07, 6.45) is 6.48. The van der Waals surface area contributed by atoms with Crippen molar-refractivity contribution in [3.63, 3.8) is 0 Å². The maximum Gasteiger partial charge on any atom is 0.234 e. The molecule has 4 nitrogen and oxygen atoms in total. The zero-order chi connectivity index (χ0) is 12.5. The van der Waals surface area contributed by atoms with Crippen LogP contribution in [-0.4, -0.2) is 50.2 Å². The molecule has 1 saturated carbocycles. The van der Waals surface area contributed by atoms with Crippen molar-refractivity contribution in [2.24, 2.45) is 0 Å². The fourth-order valence-electron chi connectivity index (χ4n) is 2.48. The lowest BCUT2D eigenvalue weighted by Gasteiger charge is -2.32. The van der Waals surface area contributed by atoms with Crippen LogP contribution in [0.5, 0.6) is 0 Å². The Kier molecular flexibility index (Phi) is 7.21. The predicted molar refractivity (Wildman–Crippen MR) is 69.0 cm³/mol. The van der Waals surface area contributed by atoms with E-state index in [1.54, 1.807) is 7.11 Å². The van der Waals surface area contributed by atoms with E-state index in [9.17, 15) is 4.79 Å². The van der Waals surface area contributed by atoms with Gasteiger partial charge in [-0.3, -0.25) is 9.69 Å². The van der Waals surface area contributed by atoms with Crippen LogP contribution < -0.4 is 5.32 Å². The molecule has 100 valence electrons. The molecule has 0 unspecified atom stereocenters. The molecule has 0 aromatic rings. The van der Waals surface area contributed by atoms with Gasteiger partial charge in [0.25, 0.3) is 0 Å². The minimum Gasteiger partial charge on any atom is -0.383 e. The Hall–Kier alpha value is -0.610. The molecule has 1 aliphatic carbocycles. The maximum atomic E-state index is 11.7. The van der Waals surface area contributed by atoms with Crippen molar-refractivity contribution in [3.05, 3.63) is 0 Å². The van der Waals surface area contributed by atoms with Crippen LogP contribution in [0.15, 0.2) is 0 Å². The van der Waals surface area contributed by atoms with Gasteiger partial charge in [0, 0.05) is 19.7 Å². The molecule has 4 heteroatoms. The molecule has 0 saturated heterocycles. The maximum absolute atomic E-state index is 11.7. The second-order valence-corrected chi connectivity index (χ2v) is 4.70. The van der Waals surface area contributed by atoms with Gasteiger partial charge in [0.2, 0.25) is 5.91 Å². The van der Waals surface area contributed by atoms with Crippen LogP contribution in [-0.2, 0) is 9.53 Å².